The number of aliphatic hydroxyl groups excluding tert-OH is 2. The van der Waals surface area contributed by atoms with Crippen LogP contribution in [0.5, 0.6) is 0 Å². The first-order valence-electron chi connectivity index (χ1n) is 11.5. The Bertz CT molecular complexity index is 1200. The average molecular weight is 486 g/mol. The van der Waals surface area contributed by atoms with Gasteiger partial charge in [-0.05, 0) is 37.5 Å². The zero-order chi connectivity index (χ0) is 24.7. The maximum Gasteiger partial charge on any atom is 0.410 e. The highest BCUT2D eigenvalue weighted by molar-refractivity contribution is 5.83. The van der Waals surface area contributed by atoms with Crippen molar-refractivity contribution in [3.8, 4) is 11.8 Å². The van der Waals surface area contributed by atoms with Crippen molar-refractivity contribution < 1.29 is 29.3 Å². The van der Waals surface area contributed by atoms with Crippen LogP contribution in [0.25, 0.3) is 11.2 Å². The molecule has 2 amide bonds. The van der Waals surface area contributed by atoms with Crippen LogP contribution in [0.3, 0.4) is 0 Å². The number of nitrogens with one attached hydrogen (secondary N) is 1. The summed E-state index contributed by atoms with van der Waals surface area (Å²) in [5.74, 6) is 5.83. The lowest BCUT2D eigenvalue weighted by molar-refractivity contribution is -0.137. The van der Waals surface area contributed by atoms with Gasteiger partial charge in [0.1, 0.15) is 17.7 Å². The highest BCUT2D eigenvalue weighted by Crippen LogP contribution is 2.33. The van der Waals surface area contributed by atoms with E-state index in [4.69, 9.17) is 15.2 Å². The summed E-state index contributed by atoms with van der Waals surface area (Å²) in [6.07, 6.45) is -0.363. The molecule has 13 heteroatoms. The van der Waals surface area contributed by atoms with Gasteiger partial charge in [-0.15, -0.1) is 0 Å². The van der Waals surface area contributed by atoms with Crippen molar-refractivity contribution in [2.24, 2.45) is 5.92 Å². The minimum absolute atomic E-state index is 0.0666. The van der Waals surface area contributed by atoms with Crippen LogP contribution < -0.4 is 11.1 Å². The molecule has 3 aliphatic rings. The molecule has 13 nitrogen and oxygen atoms in total. The van der Waals surface area contributed by atoms with Crippen molar-refractivity contribution in [1.29, 1.82) is 0 Å². The van der Waals surface area contributed by atoms with Gasteiger partial charge in [0, 0.05) is 12.6 Å². The van der Waals surface area contributed by atoms with Crippen molar-refractivity contribution in [2.45, 2.75) is 56.3 Å². The molecular formula is C22H27N7O6. The Morgan fingerprint density at radius 1 is 1.29 bits per heavy atom. The fourth-order valence-corrected chi connectivity index (χ4v) is 3.96. The van der Waals surface area contributed by atoms with Crippen LogP contribution in [0.2, 0.25) is 0 Å². The van der Waals surface area contributed by atoms with Crippen LogP contribution in [0.1, 0.15) is 37.7 Å². The quantitative estimate of drug-likeness (QED) is 0.376. The van der Waals surface area contributed by atoms with Crippen LogP contribution in [-0.2, 0) is 14.3 Å². The number of methoxy groups -OCH3 is 1. The predicted octanol–water partition coefficient (Wildman–Crippen LogP) is -0.864. The van der Waals surface area contributed by atoms with Gasteiger partial charge in [0.15, 0.2) is 23.8 Å². The molecule has 2 unspecified atom stereocenters. The average Bonchev–Trinajstić information content (AvgIpc) is 3.76. The molecule has 1 saturated heterocycles. The molecule has 35 heavy (non-hydrogen) atoms. The third-order valence-electron chi connectivity index (χ3n) is 6.22. The number of carbonyl (C=O) groups excluding carboxylic acids is 2. The summed E-state index contributed by atoms with van der Waals surface area (Å²) in [5.41, 5.74) is 6.53. The Labute approximate surface area is 200 Å². The lowest BCUT2D eigenvalue weighted by Crippen LogP contribution is -2.43. The number of nitrogens with zero attached hydrogens (tertiary/aromatic N) is 5. The molecule has 0 bridgehead atoms. The normalized spacial score (nSPS) is 25.7. The van der Waals surface area contributed by atoms with Gasteiger partial charge in [-0.3, -0.25) is 14.3 Å². The van der Waals surface area contributed by atoms with Crippen LogP contribution >= 0.6 is 0 Å². The number of aliphatic hydroxyl groups is 2. The number of nitrogens with two attached hydrogens (primary N) is 1. The van der Waals surface area contributed by atoms with E-state index < -0.39 is 36.5 Å². The van der Waals surface area contributed by atoms with Gasteiger partial charge in [0.2, 0.25) is 5.82 Å². The molecule has 2 aromatic heterocycles. The molecule has 3 heterocycles. The second-order valence-electron chi connectivity index (χ2n) is 9.06. The number of ether oxygens (including phenoxy) is 2. The van der Waals surface area contributed by atoms with E-state index in [1.165, 1.54) is 22.9 Å². The molecule has 5 N–H and O–H groups in total. The van der Waals surface area contributed by atoms with Crippen molar-refractivity contribution in [1.82, 2.24) is 29.7 Å². The Morgan fingerprint density at radius 2 is 2.06 bits per heavy atom. The number of rotatable bonds is 6. The SMILES string of the molecule is COC(=O)N(CC#Cc1nc(N)c2ncn([C@@H]3O[C@H](C(=O)NC4CC4)C(O)C3O)c2n1)CC1CC1. The first-order valence-corrected chi connectivity index (χ1v) is 11.5. The summed E-state index contributed by atoms with van der Waals surface area (Å²) < 4.78 is 11.9. The number of fused-ring (bicyclic) bond motifs is 1. The van der Waals surface area contributed by atoms with Gasteiger partial charge in [0.05, 0.1) is 20.0 Å². The Kier molecular flexibility index (Phi) is 6.18. The fraction of sp³-hybridized carbons (Fsp3) is 0.591. The van der Waals surface area contributed by atoms with E-state index in [0.29, 0.717) is 12.5 Å². The third kappa shape index (κ3) is 4.86. The molecule has 1 aliphatic heterocycles. The largest absolute Gasteiger partial charge is 0.453 e. The summed E-state index contributed by atoms with van der Waals surface area (Å²) in [7, 11) is 1.32. The Balaban J connectivity index is 1.36. The number of nitrogen functional groups attached to an aromatic ring is 1. The van der Waals surface area contributed by atoms with E-state index >= 15 is 0 Å². The summed E-state index contributed by atoms with van der Waals surface area (Å²) in [6, 6.07) is 0.0802. The standard InChI is InChI=1S/C22H27N7O6/c1-34-22(33)28(9-11-4-5-11)8-2-3-13-26-18(23)14-19(27-13)29(10-24-14)21-16(31)15(30)17(35-21)20(32)25-12-6-7-12/h10-12,15-17,21,30-31H,4-9H2,1H3,(H,25,32)(H2,23,26,27)/t15?,16?,17-,21+/m0/s1. The molecular weight excluding hydrogens is 458 g/mol. The van der Waals surface area contributed by atoms with Crippen molar-refractivity contribution >= 4 is 29.0 Å². The van der Waals surface area contributed by atoms with Crippen LogP contribution in [0.15, 0.2) is 6.33 Å². The molecule has 5 rings (SSSR count). The minimum atomic E-state index is -1.43. The maximum absolute atomic E-state index is 12.4. The molecule has 0 radical (unpaired) electrons. The maximum atomic E-state index is 12.4. The smallest absolute Gasteiger partial charge is 0.410 e. The summed E-state index contributed by atoms with van der Waals surface area (Å²) in [4.78, 5) is 38.7. The van der Waals surface area contributed by atoms with Gasteiger partial charge < -0.3 is 30.7 Å². The number of aromatic nitrogens is 4. The van der Waals surface area contributed by atoms with E-state index in [-0.39, 0.29) is 35.4 Å². The number of amides is 2. The first kappa shape index (κ1) is 23.3. The van der Waals surface area contributed by atoms with Crippen molar-refractivity contribution in [3.63, 3.8) is 0 Å². The summed E-state index contributed by atoms with van der Waals surface area (Å²) in [6.45, 7) is 0.711. The third-order valence-corrected chi connectivity index (χ3v) is 6.22. The summed E-state index contributed by atoms with van der Waals surface area (Å²) >= 11 is 0. The van der Waals surface area contributed by atoms with Gasteiger partial charge in [-0.2, -0.15) is 0 Å². The molecule has 2 saturated carbocycles. The number of hydrogen-bond acceptors (Lipinski definition) is 10. The van der Waals surface area contributed by atoms with Crippen LogP contribution in [-0.4, -0.2) is 91.2 Å². The molecule has 0 spiro atoms. The number of hydrogen-bond donors (Lipinski definition) is 4. The van der Waals surface area contributed by atoms with E-state index in [9.17, 15) is 19.8 Å². The van der Waals surface area contributed by atoms with Crippen LogP contribution in [0.4, 0.5) is 10.6 Å². The summed E-state index contributed by atoms with van der Waals surface area (Å²) in [5, 5.41) is 23.8. The van der Waals surface area contributed by atoms with E-state index in [1.54, 1.807) is 0 Å². The Hall–Kier alpha value is -3.47. The van der Waals surface area contributed by atoms with E-state index in [2.05, 4.69) is 32.1 Å². The van der Waals surface area contributed by atoms with Crippen molar-refractivity contribution in [2.75, 3.05) is 25.9 Å². The monoisotopic (exact) mass is 485 g/mol. The topological polar surface area (TPSA) is 178 Å². The second kappa shape index (κ2) is 9.29. The molecule has 3 fully saturated rings. The van der Waals surface area contributed by atoms with Gasteiger partial charge >= 0.3 is 6.09 Å². The molecule has 2 aromatic rings. The first-order chi connectivity index (χ1) is 16.9. The number of imidazole rings is 1. The lowest BCUT2D eigenvalue weighted by atomic mass is 10.1. The van der Waals surface area contributed by atoms with Crippen molar-refractivity contribution in [3.05, 3.63) is 12.2 Å². The van der Waals surface area contributed by atoms with E-state index in [0.717, 1.165) is 25.7 Å². The van der Waals surface area contributed by atoms with Crippen LogP contribution in [0, 0.1) is 17.8 Å². The van der Waals surface area contributed by atoms with E-state index in [1.807, 2.05) is 0 Å². The molecule has 0 aromatic carbocycles. The number of carbonyl (C=O) groups is 2. The van der Waals surface area contributed by atoms with Gasteiger partial charge in [-0.25, -0.2) is 19.7 Å². The van der Waals surface area contributed by atoms with Gasteiger partial charge in [-0.1, -0.05) is 5.92 Å². The molecule has 186 valence electrons. The zero-order valence-corrected chi connectivity index (χ0v) is 19.1. The molecule has 4 atom stereocenters. The number of anilines is 1. The Morgan fingerprint density at radius 3 is 2.74 bits per heavy atom. The fourth-order valence-electron chi connectivity index (χ4n) is 3.96. The highest BCUT2D eigenvalue weighted by atomic mass is 16.6. The zero-order valence-electron chi connectivity index (χ0n) is 19.1. The van der Waals surface area contributed by atoms with Gasteiger partial charge in [0.25, 0.3) is 5.91 Å². The highest BCUT2D eigenvalue weighted by Gasteiger charge is 2.48. The lowest BCUT2D eigenvalue weighted by Gasteiger charge is -2.17. The second-order valence-corrected chi connectivity index (χ2v) is 9.06. The minimum Gasteiger partial charge on any atom is -0.453 e. The predicted molar refractivity (Wildman–Crippen MR) is 120 cm³/mol. The molecule has 2 aliphatic carbocycles.